The third-order valence-electron chi connectivity index (χ3n) is 3.29. The van der Waals surface area contributed by atoms with Gasteiger partial charge in [0.05, 0.1) is 21.1 Å². The predicted octanol–water partition coefficient (Wildman–Crippen LogP) is 5.01. The Kier molecular flexibility index (Phi) is 5.40. The maximum absolute atomic E-state index is 12.1. The minimum Gasteiger partial charge on any atom is -0.483 e. The molecule has 0 saturated heterocycles. The molecule has 0 fully saturated rings. The Bertz CT molecular complexity index is 997. The summed E-state index contributed by atoms with van der Waals surface area (Å²) in [4.78, 5) is 20.4. The first-order valence-electron chi connectivity index (χ1n) is 7.22. The third kappa shape index (κ3) is 4.41. The first-order valence-corrected chi connectivity index (χ1v) is 8.83. The highest BCUT2D eigenvalue weighted by atomic mass is 35.5. The lowest BCUT2D eigenvalue weighted by molar-refractivity contribution is -0.118. The van der Waals surface area contributed by atoms with Crippen LogP contribution in [0.2, 0.25) is 5.02 Å². The number of carbonyl (C=O) groups is 1. The van der Waals surface area contributed by atoms with E-state index in [9.17, 15) is 4.79 Å². The summed E-state index contributed by atoms with van der Waals surface area (Å²) in [5.41, 5.74) is 2.34. The highest BCUT2D eigenvalue weighted by Crippen LogP contribution is 2.29. The molecule has 3 aromatic rings. The molecular formula is C17H12ClN3O2S2. The van der Waals surface area contributed by atoms with E-state index in [0.29, 0.717) is 21.6 Å². The number of nitrogens with zero attached hydrogens (tertiary/aromatic N) is 2. The molecule has 0 aliphatic heterocycles. The maximum atomic E-state index is 12.1. The van der Waals surface area contributed by atoms with Crippen molar-refractivity contribution in [2.24, 2.45) is 4.99 Å². The van der Waals surface area contributed by atoms with Crippen molar-refractivity contribution in [2.75, 3.05) is 11.9 Å². The van der Waals surface area contributed by atoms with Gasteiger partial charge in [-0.1, -0.05) is 22.9 Å². The fraction of sp³-hybridized carbons (Fsp3) is 0.118. The second-order valence-electron chi connectivity index (χ2n) is 5.12. The van der Waals surface area contributed by atoms with Crippen molar-refractivity contribution < 1.29 is 9.53 Å². The van der Waals surface area contributed by atoms with E-state index in [1.54, 1.807) is 24.3 Å². The molecule has 1 amide bonds. The average molecular weight is 390 g/mol. The Morgan fingerprint density at radius 2 is 2.24 bits per heavy atom. The number of thiocarbonyl (C=S) groups is 1. The zero-order valence-electron chi connectivity index (χ0n) is 13.1. The van der Waals surface area contributed by atoms with E-state index in [-0.39, 0.29) is 12.5 Å². The van der Waals surface area contributed by atoms with E-state index in [0.717, 1.165) is 15.8 Å². The molecule has 0 atom stereocenters. The Hall–Kier alpha value is -2.31. The number of aliphatic imine (C=N–C) groups is 1. The van der Waals surface area contributed by atoms with Crippen LogP contribution < -0.4 is 10.1 Å². The number of nitrogens with one attached hydrogen (secondary N) is 1. The predicted molar refractivity (Wildman–Crippen MR) is 105 cm³/mol. The van der Waals surface area contributed by atoms with E-state index in [2.05, 4.69) is 32.7 Å². The van der Waals surface area contributed by atoms with Gasteiger partial charge in [0.15, 0.2) is 11.7 Å². The van der Waals surface area contributed by atoms with Crippen LogP contribution in [0, 0.1) is 6.92 Å². The molecule has 5 nitrogen and oxygen atoms in total. The number of halogens is 1. The number of benzene rings is 2. The Morgan fingerprint density at radius 1 is 1.40 bits per heavy atom. The van der Waals surface area contributed by atoms with Crippen molar-refractivity contribution in [3.05, 3.63) is 47.0 Å². The minimum absolute atomic E-state index is 0.112. The highest BCUT2D eigenvalue weighted by molar-refractivity contribution is 7.78. The number of ether oxygens (including phenoxy) is 1. The summed E-state index contributed by atoms with van der Waals surface area (Å²) in [6.45, 7) is 1.76. The number of aromatic nitrogens is 1. The zero-order chi connectivity index (χ0) is 17.8. The second-order valence-corrected chi connectivity index (χ2v) is 6.77. The summed E-state index contributed by atoms with van der Waals surface area (Å²) in [6, 6.07) is 10.7. The number of amides is 1. The van der Waals surface area contributed by atoms with Gasteiger partial charge in [-0.2, -0.15) is 4.99 Å². The first-order chi connectivity index (χ1) is 12.0. The van der Waals surface area contributed by atoms with Gasteiger partial charge in [0.25, 0.3) is 5.91 Å². The first kappa shape index (κ1) is 17.5. The quantitative estimate of drug-likeness (QED) is 0.492. The third-order valence-corrected chi connectivity index (χ3v) is 4.55. The lowest BCUT2D eigenvalue weighted by Crippen LogP contribution is -2.20. The number of aryl methyl sites for hydroxylation is 1. The van der Waals surface area contributed by atoms with Gasteiger partial charge in [0.1, 0.15) is 5.75 Å². The van der Waals surface area contributed by atoms with Crippen molar-refractivity contribution in [1.82, 2.24) is 4.98 Å². The van der Waals surface area contributed by atoms with Crippen molar-refractivity contribution in [1.29, 1.82) is 0 Å². The van der Waals surface area contributed by atoms with E-state index in [1.165, 1.54) is 11.3 Å². The molecule has 8 heteroatoms. The molecule has 2 aromatic carbocycles. The van der Waals surface area contributed by atoms with Crippen molar-refractivity contribution in [3.63, 3.8) is 0 Å². The minimum atomic E-state index is -0.287. The number of anilines is 1. The van der Waals surface area contributed by atoms with Gasteiger partial charge in [-0.25, -0.2) is 4.98 Å². The maximum Gasteiger partial charge on any atom is 0.264 e. The molecule has 0 radical (unpaired) electrons. The standard InChI is InChI=1S/C17H12ClN3O2S2/c1-10-6-11(18)2-5-14(10)23-8-16(22)21-17-20-13-4-3-12(19-9-24)7-15(13)25-17/h2-7H,8H2,1H3,(H,20,21,22). The summed E-state index contributed by atoms with van der Waals surface area (Å²) < 4.78 is 6.42. The van der Waals surface area contributed by atoms with Gasteiger partial charge in [0.2, 0.25) is 0 Å². The fourth-order valence-electron chi connectivity index (χ4n) is 2.16. The van der Waals surface area contributed by atoms with Crippen molar-refractivity contribution in [3.8, 4) is 5.75 Å². The molecule has 1 N–H and O–H groups in total. The van der Waals surface area contributed by atoms with Crippen LogP contribution in [0.25, 0.3) is 10.2 Å². The molecule has 0 unspecified atom stereocenters. The van der Waals surface area contributed by atoms with E-state index in [4.69, 9.17) is 16.3 Å². The highest BCUT2D eigenvalue weighted by Gasteiger charge is 2.10. The number of thiazole rings is 1. The normalized spacial score (nSPS) is 10.3. The summed E-state index contributed by atoms with van der Waals surface area (Å²) in [5, 5.41) is 6.19. The van der Waals surface area contributed by atoms with Gasteiger partial charge in [0, 0.05) is 5.02 Å². The monoisotopic (exact) mass is 389 g/mol. The number of hydrogen-bond acceptors (Lipinski definition) is 6. The molecule has 0 aliphatic carbocycles. The van der Waals surface area contributed by atoms with Gasteiger partial charge >= 0.3 is 0 Å². The lowest BCUT2D eigenvalue weighted by Gasteiger charge is -2.08. The Labute approximate surface area is 158 Å². The largest absolute Gasteiger partial charge is 0.483 e. The molecule has 126 valence electrons. The number of fused-ring (bicyclic) bond motifs is 1. The summed E-state index contributed by atoms with van der Waals surface area (Å²) in [5.74, 6) is 0.331. The lowest BCUT2D eigenvalue weighted by atomic mass is 10.2. The topological polar surface area (TPSA) is 63.6 Å². The molecular weight excluding hydrogens is 378 g/mol. The molecule has 1 heterocycles. The molecule has 0 spiro atoms. The summed E-state index contributed by atoms with van der Waals surface area (Å²) in [6.07, 6.45) is 0. The summed E-state index contributed by atoms with van der Waals surface area (Å²) in [7, 11) is 0. The number of hydrogen-bond donors (Lipinski definition) is 1. The van der Waals surface area contributed by atoms with Crippen molar-refractivity contribution in [2.45, 2.75) is 6.92 Å². The van der Waals surface area contributed by atoms with Crippen LogP contribution in [0.1, 0.15) is 5.56 Å². The zero-order valence-corrected chi connectivity index (χ0v) is 15.5. The van der Waals surface area contributed by atoms with Crippen LogP contribution in [0.15, 0.2) is 41.4 Å². The molecule has 0 aliphatic rings. The van der Waals surface area contributed by atoms with Gasteiger partial charge < -0.3 is 4.74 Å². The summed E-state index contributed by atoms with van der Waals surface area (Å²) >= 11 is 11.9. The SMILES string of the molecule is Cc1cc(Cl)ccc1OCC(=O)Nc1nc2ccc(N=C=S)cc2s1. The molecule has 3 rings (SSSR count). The van der Waals surface area contributed by atoms with E-state index >= 15 is 0 Å². The number of isothiocyanates is 1. The van der Waals surface area contributed by atoms with Gasteiger partial charge in [-0.05, 0) is 61.1 Å². The van der Waals surface area contributed by atoms with Gasteiger partial charge in [-0.3, -0.25) is 10.1 Å². The van der Waals surface area contributed by atoms with Crippen LogP contribution in [0.4, 0.5) is 10.8 Å². The van der Waals surface area contributed by atoms with E-state index < -0.39 is 0 Å². The number of rotatable bonds is 5. The van der Waals surface area contributed by atoms with Crippen LogP contribution in [0.3, 0.4) is 0 Å². The van der Waals surface area contributed by atoms with Crippen LogP contribution in [-0.2, 0) is 4.79 Å². The fourth-order valence-corrected chi connectivity index (χ4v) is 3.41. The van der Waals surface area contributed by atoms with Gasteiger partial charge in [-0.15, -0.1) is 0 Å². The smallest absolute Gasteiger partial charge is 0.264 e. The molecule has 0 bridgehead atoms. The second kappa shape index (κ2) is 7.72. The molecule has 25 heavy (non-hydrogen) atoms. The average Bonchev–Trinajstić information content (AvgIpc) is 2.95. The van der Waals surface area contributed by atoms with Crippen LogP contribution >= 0.6 is 35.2 Å². The van der Waals surface area contributed by atoms with Crippen molar-refractivity contribution >= 4 is 67.3 Å². The Balaban J connectivity index is 1.66. The molecule has 0 saturated carbocycles. The van der Waals surface area contributed by atoms with Crippen LogP contribution in [0.5, 0.6) is 5.75 Å². The van der Waals surface area contributed by atoms with E-state index in [1.807, 2.05) is 19.1 Å². The Morgan fingerprint density at radius 3 is 3.00 bits per heavy atom. The molecule has 1 aromatic heterocycles. The number of carbonyl (C=O) groups excluding carboxylic acids is 1. The van der Waals surface area contributed by atoms with Crippen LogP contribution in [-0.4, -0.2) is 22.7 Å².